The van der Waals surface area contributed by atoms with Gasteiger partial charge in [-0.1, -0.05) is 33.1 Å². The Morgan fingerprint density at radius 1 is 1.37 bits per heavy atom. The summed E-state index contributed by atoms with van der Waals surface area (Å²) in [6.45, 7) is 5.80. The highest BCUT2D eigenvalue weighted by Gasteiger charge is 2.35. The number of unbranched alkanes of at least 4 members (excludes halogenated alkanes) is 2. The molecule has 2 heterocycles. The molecule has 1 aliphatic rings. The van der Waals surface area contributed by atoms with Crippen molar-refractivity contribution >= 4 is 23.5 Å². The van der Waals surface area contributed by atoms with Crippen molar-refractivity contribution in [2.45, 2.75) is 68.2 Å². The van der Waals surface area contributed by atoms with E-state index < -0.39 is 0 Å². The zero-order chi connectivity index (χ0) is 13.6. The Bertz CT molecular complexity index is 353. The van der Waals surface area contributed by atoms with Crippen LogP contribution in [-0.4, -0.2) is 24.6 Å². The number of hydrogen-bond donors (Lipinski definition) is 0. The molecule has 0 spiro atoms. The lowest BCUT2D eigenvalue weighted by atomic mass is 10.1. The summed E-state index contributed by atoms with van der Waals surface area (Å²) >= 11 is 4.45. The van der Waals surface area contributed by atoms with Crippen LogP contribution in [0.1, 0.15) is 52.4 Å². The number of aromatic nitrogens is 2. The van der Waals surface area contributed by atoms with E-state index in [0.29, 0.717) is 4.08 Å². The fourth-order valence-corrected chi connectivity index (χ4v) is 6.59. The highest BCUT2D eigenvalue weighted by molar-refractivity contribution is 8.19. The Balaban J connectivity index is 1.92. The van der Waals surface area contributed by atoms with Gasteiger partial charge in [-0.25, -0.2) is 4.98 Å². The molecule has 1 aliphatic heterocycles. The Hall–Kier alpha value is -0.0900. The molecular formula is C15H26N2S2. The second kappa shape index (κ2) is 7.63. The number of aryl methyl sites for hydroxylation is 1. The van der Waals surface area contributed by atoms with Crippen LogP contribution in [0.4, 0.5) is 0 Å². The molecule has 4 heteroatoms. The van der Waals surface area contributed by atoms with E-state index in [1.165, 1.54) is 44.3 Å². The van der Waals surface area contributed by atoms with Gasteiger partial charge in [0.15, 0.2) is 0 Å². The molecule has 0 N–H and O–H groups in total. The number of nitrogens with zero attached hydrogens (tertiary/aromatic N) is 2. The molecule has 1 aromatic rings. The van der Waals surface area contributed by atoms with E-state index >= 15 is 0 Å². The molecule has 2 rings (SSSR count). The third-order valence-electron chi connectivity index (χ3n) is 3.78. The number of imidazole rings is 1. The van der Waals surface area contributed by atoms with Gasteiger partial charge in [0.25, 0.3) is 0 Å². The minimum absolute atomic E-state index is 0.455. The Morgan fingerprint density at radius 3 is 2.95 bits per heavy atom. The molecule has 2 atom stereocenters. The molecule has 0 aliphatic carbocycles. The van der Waals surface area contributed by atoms with E-state index in [1.807, 2.05) is 12.5 Å². The molecule has 2 nitrogen and oxygen atoms in total. The van der Waals surface area contributed by atoms with Gasteiger partial charge in [-0.15, -0.1) is 23.5 Å². The summed E-state index contributed by atoms with van der Waals surface area (Å²) in [5.74, 6) is 1.34. The van der Waals surface area contributed by atoms with Crippen molar-refractivity contribution in [2.75, 3.05) is 5.75 Å². The lowest BCUT2D eigenvalue weighted by molar-refractivity contribution is 0.539. The summed E-state index contributed by atoms with van der Waals surface area (Å²) in [4.78, 5) is 4.15. The van der Waals surface area contributed by atoms with Gasteiger partial charge in [-0.05, 0) is 25.0 Å². The zero-order valence-corrected chi connectivity index (χ0v) is 13.8. The molecule has 1 saturated heterocycles. The van der Waals surface area contributed by atoms with E-state index in [9.17, 15) is 0 Å². The summed E-state index contributed by atoms with van der Waals surface area (Å²) < 4.78 is 2.68. The normalized spacial score (nSPS) is 27.6. The molecule has 0 radical (unpaired) electrons. The second-order valence-electron chi connectivity index (χ2n) is 5.48. The summed E-state index contributed by atoms with van der Waals surface area (Å²) in [7, 11) is 0. The van der Waals surface area contributed by atoms with Crippen molar-refractivity contribution in [1.29, 1.82) is 0 Å². The molecule has 0 aromatic carbocycles. The van der Waals surface area contributed by atoms with Crippen LogP contribution in [0.5, 0.6) is 0 Å². The fraction of sp³-hybridized carbons (Fsp3) is 0.800. The van der Waals surface area contributed by atoms with Crippen LogP contribution in [0, 0.1) is 0 Å². The van der Waals surface area contributed by atoms with E-state index in [-0.39, 0.29) is 0 Å². The molecule has 0 bridgehead atoms. The van der Waals surface area contributed by atoms with Gasteiger partial charge >= 0.3 is 0 Å². The van der Waals surface area contributed by atoms with Crippen LogP contribution in [0.15, 0.2) is 18.7 Å². The minimum Gasteiger partial charge on any atom is -0.337 e. The first kappa shape index (κ1) is 15.3. The van der Waals surface area contributed by atoms with Crippen molar-refractivity contribution < 1.29 is 0 Å². The van der Waals surface area contributed by atoms with E-state index in [2.05, 4.69) is 53.1 Å². The first-order valence-electron chi connectivity index (χ1n) is 7.51. The average Bonchev–Trinajstić information content (AvgIpc) is 2.90. The quantitative estimate of drug-likeness (QED) is 0.673. The molecular weight excluding hydrogens is 272 g/mol. The molecule has 0 saturated carbocycles. The van der Waals surface area contributed by atoms with Crippen LogP contribution < -0.4 is 0 Å². The Morgan fingerprint density at radius 2 is 2.26 bits per heavy atom. The van der Waals surface area contributed by atoms with Crippen molar-refractivity contribution in [3.05, 3.63) is 18.7 Å². The minimum atomic E-state index is 0.455. The first-order chi connectivity index (χ1) is 9.24. The topological polar surface area (TPSA) is 17.8 Å². The van der Waals surface area contributed by atoms with Crippen LogP contribution in [0.3, 0.4) is 0 Å². The number of hydrogen-bond acceptors (Lipinski definition) is 3. The standard InChI is InChI=1S/C15H26N2S2/c1-3-4-5-7-15(18-12-6-14(2)19-15)8-10-17-11-9-16-13-17/h9,11,13-14H,3-8,10,12H2,1-2H3. The predicted molar refractivity (Wildman–Crippen MR) is 87.8 cm³/mol. The average molecular weight is 299 g/mol. The smallest absolute Gasteiger partial charge is 0.0945 e. The van der Waals surface area contributed by atoms with E-state index in [1.54, 1.807) is 0 Å². The van der Waals surface area contributed by atoms with Crippen LogP contribution >= 0.6 is 23.5 Å². The predicted octanol–water partition coefficient (Wildman–Crippen LogP) is 4.81. The van der Waals surface area contributed by atoms with E-state index in [0.717, 1.165) is 11.8 Å². The maximum absolute atomic E-state index is 4.15. The Kier molecular flexibility index (Phi) is 6.14. The fourth-order valence-electron chi connectivity index (χ4n) is 2.62. The highest BCUT2D eigenvalue weighted by atomic mass is 32.2. The largest absolute Gasteiger partial charge is 0.337 e. The first-order valence-corrected chi connectivity index (χ1v) is 9.38. The van der Waals surface area contributed by atoms with Gasteiger partial charge in [-0.3, -0.25) is 0 Å². The lowest BCUT2D eigenvalue weighted by Gasteiger charge is -2.39. The van der Waals surface area contributed by atoms with Gasteiger partial charge in [0.2, 0.25) is 0 Å². The molecule has 1 aromatic heterocycles. The van der Waals surface area contributed by atoms with Gasteiger partial charge in [0, 0.05) is 24.2 Å². The highest BCUT2D eigenvalue weighted by Crippen LogP contribution is 2.51. The maximum atomic E-state index is 4.15. The van der Waals surface area contributed by atoms with Crippen molar-refractivity contribution in [2.24, 2.45) is 0 Å². The van der Waals surface area contributed by atoms with Crippen LogP contribution in [0.25, 0.3) is 0 Å². The third-order valence-corrected chi connectivity index (χ3v) is 7.27. The molecule has 0 amide bonds. The van der Waals surface area contributed by atoms with Crippen molar-refractivity contribution in [1.82, 2.24) is 9.55 Å². The van der Waals surface area contributed by atoms with Crippen LogP contribution in [0.2, 0.25) is 0 Å². The van der Waals surface area contributed by atoms with Crippen molar-refractivity contribution in [3.63, 3.8) is 0 Å². The second-order valence-corrected chi connectivity index (χ2v) is 9.04. The molecule has 19 heavy (non-hydrogen) atoms. The van der Waals surface area contributed by atoms with Gasteiger partial charge in [0.1, 0.15) is 0 Å². The zero-order valence-electron chi connectivity index (χ0n) is 12.2. The summed E-state index contributed by atoms with van der Waals surface area (Å²) in [5, 5.41) is 0.825. The number of thioether (sulfide) groups is 2. The molecule has 108 valence electrons. The van der Waals surface area contributed by atoms with Gasteiger partial charge in [-0.2, -0.15) is 0 Å². The Labute approximate surface area is 126 Å². The van der Waals surface area contributed by atoms with Crippen molar-refractivity contribution in [3.8, 4) is 0 Å². The van der Waals surface area contributed by atoms with E-state index in [4.69, 9.17) is 0 Å². The maximum Gasteiger partial charge on any atom is 0.0945 e. The summed E-state index contributed by atoms with van der Waals surface area (Å²) in [5.41, 5.74) is 0. The van der Waals surface area contributed by atoms with Gasteiger partial charge in [0.05, 0.1) is 10.4 Å². The monoisotopic (exact) mass is 298 g/mol. The van der Waals surface area contributed by atoms with Gasteiger partial charge < -0.3 is 4.57 Å². The summed E-state index contributed by atoms with van der Waals surface area (Å²) in [6, 6.07) is 0. The molecule has 1 fully saturated rings. The molecule has 2 unspecified atom stereocenters. The third kappa shape index (κ3) is 4.75. The lowest BCUT2D eigenvalue weighted by Crippen LogP contribution is -2.29. The SMILES string of the molecule is CCCCCC1(CCn2ccnc2)SCCC(C)S1. The summed E-state index contributed by atoms with van der Waals surface area (Å²) in [6.07, 6.45) is 14.0. The van der Waals surface area contributed by atoms with Crippen LogP contribution in [-0.2, 0) is 6.54 Å². The number of rotatable bonds is 7.